The summed E-state index contributed by atoms with van der Waals surface area (Å²) in [6, 6.07) is 11.7. The summed E-state index contributed by atoms with van der Waals surface area (Å²) in [5, 5.41) is 18.2. The Kier molecular flexibility index (Phi) is 5.58. The van der Waals surface area contributed by atoms with E-state index in [0.717, 1.165) is 0 Å². The minimum absolute atomic E-state index is 0.00858. The van der Waals surface area contributed by atoms with Gasteiger partial charge >= 0.3 is 5.69 Å². The maximum Gasteiger partial charge on any atom is 0.353 e. The summed E-state index contributed by atoms with van der Waals surface area (Å²) in [5.74, 6) is 0.516. The van der Waals surface area contributed by atoms with Crippen molar-refractivity contribution in [3.8, 4) is 5.75 Å². The van der Waals surface area contributed by atoms with Gasteiger partial charge in [-0.3, -0.25) is 10.1 Å². The Morgan fingerprint density at radius 2 is 1.67 bits per heavy atom. The molecule has 3 rings (SSSR count). The van der Waals surface area contributed by atoms with E-state index in [9.17, 15) is 10.1 Å². The van der Waals surface area contributed by atoms with Crippen molar-refractivity contribution >= 4 is 51.9 Å². The lowest BCUT2D eigenvalue weighted by molar-refractivity contribution is -0.383. The van der Waals surface area contributed by atoms with Crippen LogP contribution in [0.5, 0.6) is 5.75 Å². The van der Waals surface area contributed by atoms with Crippen molar-refractivity contribution in [2.24, 2.45) is 0 Å². The van der Waals surface area contributed by atoms with Crippen LogP contribution >= 0.6 is 23.2 Å². The zero-order valence-electron chi connectivity index (χ0n) is 13.9. The summed E-state index contributed by atoms with van der Waals surface area (Å²) < 4.78 is 5.25. The van der Waals surface area contributed by atoms with Gasteiger partial charge in [0.05, 0.1) is 17.7 Å². The number of rotatable bonds is 6. The van der Waals surface area contributed by atoms with E-state index in [-0.39, 0.29) is 17.3 Å². The first-order valence-corrected chi connectivity index (χ1v) is 8.36. The molecule has 0 saturated heterocycles. The Balaban J connectivity index is 2.01. The van der Waals surface area contributed by atoms with Crippen LogP contribution in [0.3, 0.4) is 0 Å². The van der Waals surface area contributed by atoms with Crippen LogP contribution in [0.4, 0.5) is 28.7 Å². The Hall–Kier alpha value is -3.10. The van der Waals surface area contributed by atoms with E-state index in [1.54, 1.807) is 42.5 Å². The van der Waals surface area contributed by atoms with E-state index in [1.165, 1.54) is 13.4 Å². The van der Waals surface area contributed by atoms with Crippen molar-refractivity contribution in [3.05, 3.63) is 69.0 Å². The topological polar surface area (TPSA) is 102 Å². The number of nitrogens with zero attached hydrogens (tertiary/aromatic N) is 3. The Morgan fingerprint density at radius 3 is 2.30 bits per heavy atom. The molecule has 2 aromatic carbocycles. The van der Waals surface area contributed by atoms with Gasteiger partial charge in [0.1, 0.15) is 12.1 Å². The molecule has 0 fully saturated rings. The molecular weight excluding hydrogens is 393 g/mol. The average molecular weight is 406 g/mol. The van der Waals surface area contributed by atoms with Crippen molar-refractivity contribution in [2.75, 3.05) is 17.7 Å². The van der Waals surface area contributed by atoms with E-state index >= 15 is 0 Å². The molecule has 0 bridgehead atoms. The summed E-state index contributed by atoms with van der Waals surface area (Å²) in [4.78, 5) is 19.1. The maximum atomic E-state index is 11.7. The number of hydrogen-bond acceptors (Lipinski definition) is 7. The standard InChI is InChI=1S/C17H13Cl2N5O3/c1-27-14-5-3-2-4-13(14)23-17-15(24(25)26)16(20-9-21-17)22-12-7-10(18)6-11(19)8-12/h2-9H,1H3,(H2,20,21,22,23). The van der Waals surface area contributed by atoms with Crippen molar-refractivity contribution in [3.63, 3.8) is 0 Å². The minimum atomic E-state index is -0.577. The third-order valence-corrected chi connectivity index (χ3v) is 3.93. The molecule has 0 aliphatic rings. The molecular formula is C17H13Cl2N5O3. The lowest BCUT2D eigenvalue weighted by atomic mass is 10.2. The van der Waals surface area contributed by atoms with Crippen molar-refractivity contribution in [2.45, 2.75) is 0 Å². The molecule has 2 N–H and O–H groups in total. The Bertz CT molecular complexity index is 980. The number of benzene rings is 2. The fraction of sp³-hybridized carbons (Fsp3) is 0.0588. The number of ether oxygens (including phenoxy) is 1. The van der Waals surface area contributed by atoms with Gasteiger partial charge in [-0.1, -0.05) is 35.3 Å². The number of aromatic nitrogens is 2. The predicted molar refractivity (Wildman–Crippen MR) is 105 cm³/mol. The molecule has 0 unspecified atom stereocenters. The highest BCUT2D eigenvalue weighted by Gasteiger charge is 2.24. The highest BCUT2D eigenvalue weighted by molar-refractivity contribution is 6.35. The molecule has 0 atom stereocenters. The maximum absolute atomic E-state index is 11.7. The van der Waals surface area contributed by atoms with E-state index in [1.807, 2.05) is 0 Å². The molecule has 0 radical (unpaired) electrons. The quantitative estimate of drug-likeness (QED) is 0.429. The molecule has 8 nitrogen and oxygen atoms in total. The average Bonchev–Trinajstić information content (AvgIpc) is 2.61. The van der Waals surface area contributed by atoms with Crippen LogP contribution in [0.1, 0.15) is 0 Å². The van der Waals surface area contributed by atoms with E-state index in [4.69, 9.17) is 27.9 Å². The molecule has 1 aromatic heterocycles. The van der Waals surface area contributed by atoms with Crippen molar-refractivity contribution < 1.29 is 9.66 Å². The number of para-hydroxylation sites is 2. The largest absolute Gasteiger partial charge is 0.495 e. The monoisotopic (exact) mass is 405 g/mol. The van der Waals surface area contributed by atoms with Crippen LogP contribution in [0, 0.1) is 10.1 Å². The van der Waals surface area contributed by atoms with E-state index in [0.29, 0.717) is 27.2 Å². The number of hydrogen-bond donors (Lipinski definition) is 2. The lowest BCUT2D eigenvalue weighted by Crippen LogP contribution is -2.06. The van der Waals surface area contributed by atoms with E-state index in [2.05, 4.69) is 20.6 Å². The number of nitrogens with one attached hydrogen (secondary N) is 2. The summed E-state index contributed by atoms with van der Waals surface area (Å²) in [5.41, 5.74) is 0.649. The molecule has 0 aliphatic carbocycles. The fourth-order valence-corrected chi connectivity index (χ4v) is 2.90. The number of halogens is 2. The predicted octanol–water partition coefficient (Wildman–Crippen LogP) is 5.19. The van der Waals surface area contributed by atoms with Gasteiger partial charge in [0.25, 0.3) is 0 Å². The first kappa shape index (κ1) is 18.7. The summed E-state index contributed by atoms with van der Waals surface area (Å²) in [6.45, 7) is 0. The van der Waals surface area contributed by atoms with Gasteiger partial charge in [0.15, 0.2) is 0 Å². The SMILES string of the molecule is COc1ccccc1Nc1ncnc(Nc2cc(Cl)cc(Cl)c2)c1[N+](=O)[O-]. The molecule has 138 valence electrons. The summed E-state index contributed by atoms with van der Waals surface area (Å²) in [7, 11) is 1.50. The third kappa shape index (κ3) is 4.36. The molecule has 0 aliphatic heterocycles. The van der Waals surface area contributed by atoms with Gasteiger partial charge in [-0.2, -0.15) is 0 Å². The van der Waals surface area contributed by atoms with Gasteiger partial charge in [-0.05, 0) is 30.3 Å². The zero-order chi connectivity index (χ0) is 19.4. The van der Waals surface area contributed by atoms with Crippen LogP contribution in [0.25, 0.3) is 0 Å². The lowest BCUT2D eigenvalue weighted by Gasteiger charge is -2.12. The van der Waals surface area contributed by atoms with Gasteiger partial charge in [0.2, 0.25) is 11.6 Å². The third-order valence-electron chi connectivity index (χ3n) is 3.49. The normalized spacial score (nSPS) is 10.3. The number of anilines is 4. The molecule has 3 aromatic rings. The van der Waals surface area contributed by atoms with Crippen LogP contribution in [-0.4, -0.2) is 22.0 Å². The molecule has 0 spiro atoms. The molecule has 1 heterocycles. The Morgan fingerprint density at radius 1 is 1.04 bits per heavy atom. The van der Waals surface area contributed by atoms with E-state index < -0.39 is 4.92 Å². The Labute approximate surface area is 164 Å². The second-order valence-electron chi connectivity index (χ2n) is 5.29. The molecule has 27 heavy (non-hydrogen) atoms. The molecule has 0 amide bonds. The van der Waals surface area contributed by atoms with Crippen LogP contribution in [0.2, 0.25) is 10.0 Å². The van der Waals surface area contributed by atoms with Crippen LogP contribution in [0.15, 0.2) is 48.8 Å². The van der Waals surface area contributed by atoms with Crippen LogP contribution in [-0.2, 0) is 0 Å². The van der Waals surface area contributed by atoms with Gasteiger partial charge in [-0.25, -0.2) is 9.97 Å². The summed E-state index contributed by atoms with van der Waals surface area (Å²) >= 11 is 11.9. The minimum Gasteiger partial charge on any atom is -0.495 e. The van der Waals surface area contributed by atoms with Gasteiger partial charge in [-0.15, -0.1) is 0 Å². The second-order valence-corrected chi connectivity index (χ2v) is 6.16. The first-order chi connectivity index (χ1) is 13.0. The van der Waals surface area contributed by atoms with Gasteiger partial charge in [0, 0.05) is 15.7 Å². The second kappa shape index (κ2) is 8.07. The summed E-state index contributed by atoms with van der Waals surface area (Å²) in [6.07, 6.45) is 1.21. The van der Waals surface area contributed by atoms with Crippen molar-refractivity contribution in [1.82, 2.24) is 9.97 Å². The van der Waals surface area contributed by atoms with Crippen molar-refractivity contribution in [1.29, 1.82) is 0 Å². The molecule has 0 saturated carbocycles. The fourth-order valence-electron chi connectivity index (χ4n) is 2.37. The van der Waals surface area contributed by atoms with Crippen LogP contribution < -0.4 is 15.4 Å². The zero-order valence-corrected chi connectivity index (χ0v) is 15.5. The highest BCUT2D eigenvalue weighted by atomic mass is 35.5. The van der Waals surface area contributed by atoms with Gasteiger partial charge < -0.3 is 15.4 Å². The molecule has 10 heteroatoms. The smallest absolute Gasteiger partial charge is 0.353 e. The highest BCUT2D eigenvalue weighted by Crippen LogP contribution is 2.36. The number of nitro groups is 1. The first-order valence-electron chi connectivity index (χ1n) is 7.60. The number of methoxy groups -OCH3 is 1.